The maximum absolute atomic E-state index is 12.3. The largest absolute Gasteiger partial charge is 0.481 e. The van der Waals surface area contributed by atoms with Gasteiger partial charge in [0.25, 0.3) is 0 Å². The molecule has 2 fully saturated rings. The molecule has 102 valence electrons. The highest BCUT2D eigenvalue weighted by Crippen LogP contribution is 2.40. The SMILES string of the molecule is CC1CC(C(=O)O)C(C(=O)N(C)CC2CC2C)C1. The van der Waals surface area contributed by atoms with Crippen molar-refractivity contribution in [3.63, 3.8) is 0 Å². The molecule has 2 aliphatic carbocycles. The van der Waals surface area contributed by atoms with Gasteiger partial charge in [-0.05, 0) is 37.0 Å². The van der Waals surface area contributed by atoms with E-state index >= 15 is 0 Å². The van der Waals surface area contributed by atoms with Crippen molar-refractivity contribution in [3.8, 4) is 0 Å². The highest BCUT2D eigenvalue weighted by atomic mass is 16.4. The summed E-state index contributed by atoms with van der Waals surface area (Å²) in [6.07, 6.45) is 2.56. The molecular weight excluding hydrogens is 230 g/mol. The van der Waals surface area contributed by atoms with Crippen LogP contribution in [0.15, 0.2) is 0 Å². The van der Waals surface area contributed by atoms with Gasteiger partial charge in [-0.25, -0.2) is 0 Å². The van der Waals surface area contributed by atoms with Crippen molar-refractivity contribution in [2.24, 2.45) is 29.6 Å². The van der Waals surface area contributed by atoms with Crippen LogP contribution in [0.3, 0.4) is 0 Å². The Morgan fingerprint density at radius 2 is 1.72 bits per heavy atom. The molecule has 0 saturated heterocycles. The van der Waals surface area contributed by atoms with Gasteiger partial charge in [-0.2, -0.15) is 0 Å². The molecule has 0 heterocycles. The Bertz CT molecular complexity index is 355. The van der Waals surface area contributed by atoms with E-state index in [0.29, 0.717) is 18.3 Å². The number of hydrogen-bond acceptors (Lipinski definition) is 2. The third-order valence-electron chi connectivity index (χ3n) is 4.59. The average Bonchev–Trinajstić information content (AvgIpc) is 2.83. The second-order valence-corrected chi connectivity index (χ2v) is 6.32. The molecule has 18 heavy (non-hydrogen) atoms. The molecule has 5 unspecified atom stereocenters. The molecule has 2 saturated carbocycles. The lowest BCUT2D eigenvalue weighted by molar-refractivity contribution is -0.148. The minimum absolute atomic E-state index is 0.0332. The Hall–Kier alpha value is -1.06. The summed E-state index contributed by atoms with van der Waals surface area (Å²) in [5, 5.41) is 9.20. The number of carbonyl (C=O) groups excluding carboxylic acids is 1. The Morgan fingerprint density at radius 1 is 1.17 bits per heavy atom. The monoisotopic (exact) mass is 253 g/mol. The molecule has 0 radical (unpaired) electrons. The van der Waals surface area contributed by atoms with Gasteiger partial charge in [-0.3, -0.25) is 9.59 Å². The van der Waals surface area contributed by atoms with Crippen LogP contribution < -0.4 is 0 Å². The Kier molecular flexibility index (Phi) is 3.64. The molecular formula is C14H23NO3. The van der Waals surface area contributed by atoms with Crippen LogP contribution in [0.4, 0.5) is 0 Å². The second-order valence-electron chi connectivity index (χ2n) is 6.32. The Balaban J connectivity index is 1.96. The van der Waals surface area contributed by atoms with Crippen molar-refractivity contribution in [2.45, 2.75) is 33.1 Å². The number of aliphatic carboxylic acids is 1. The summed E-state index contributed by atoms with van der Waals surface area (Å²) in [7, 11) is 1.81. The van der Waals surface area contributed by atoms with Crippen LogP contribution in [0, 0.1) is 29.6 Å². The van der Waals surface area contributed by atoms with Crippen LogP contribution in [-0.4, -0.2) is 35.5 Å². The fourth-order valence-electron chi connectivity index (χ4n) is 3.22. The Labute approximate surface area is 108 Å². The summed E-state index contributed by atoms with van der Waals surface area (Å²) < 4.78 is 0. The normalized spacial score (nSPS) is 38.5. The van der Waals surface area contributed by atoms with E-state index < -0.39 is 11.9 Å². The summed E-state index contributed by atoms with van der Waals surface area (Å²) in [6.45, 7) is 5.02. The molecule has 0 spiro atoms. The van der Waals surface area contributed by atoms with E-state index in [-0.39, 0.29) is 11.8 Å². The molecule has 1 N–H and O–H groups in total. The fourth-order valence-corrected chi connectivity index (χ4v) is 3.22. The molecule has 0 aromatic carbocycles. The number of nitrogens with zero attached hydrogens (tertiary/aromatic N) is 1. The van der Waals surface area contributed by atoms with Gasteiger partial charge in [0.05, 0.1) is 11.8 Å². The van der Waals surface area contributed by atoms with Crippen molar-refractivity contribution in [2.75, 3.05) is 13.6 Å². The summed E-state index contributed by atoms with van der Waals surface area (Å²) in [4.78, 5) is 25.3. The van der Waals surface area contributed by atoms with Gasteiger partial charge in [0.1, 0.15) is 0 Å². The number of carboxylic acids is 1. The number of rotatable bonds is 4. The van der Waals surface area contributed by atoms with Crippen LogP contribution in [0.25, 0.3) is 0 Å². The van der Waals surface area contributed by atoms with Crippen molar-refractivity contribution in [3.05, 3.63) is 0 Å². The lowest BCUT2D eigenvalue weighted by Gasteiger charge is -2.23. The van der Waals surface area contributed by atoms with Gasteiger partial charge < -0.3 is 10.0 Å². The first-order valence-corrected chi connectivity index (χ1v) is 6.88. The zero-order valence-corrected chi connectivity index (χ0v) is 11.4. The van der Waals surface area contributed by atoms with Crippen molar-refractivity contribution >= 4 is 11.9 Å². The molecule has 4 heteroatoms. The molecule has 0 aliphatic heterocycles. The van der Waals surface area contributed by atoms with Crippen LogP contribution in [0.5, 0.6) is 0 Å². The predicted octanol–water partition coefficient (Wildman–Crippen LogP) is 1.85. The minimum atomic E-state index is -0.814. The zero-order valence-electron chi connectivity index (χ0n) is 11.4. The van der Waals surface area contributed by atoms with Crippen molar-refractivity contribution < 1.29 is 14.7 Å². The quantitative estimate of drug-likeness (QED) is 0.831. The number of carboxylic acid groups (broad SMARTS) is 1. The highest BCUT2D eigenvalue weighted by Gasteiger charge is 2.43. The lowest BCUT2D eigenvalue weighted by Crippen LogP contribution is -2.38. The number of carbonyl (C=O) groups is 2. The molecule has 5 atom stereocenters. The van der Waals surface area contributed by atoms with E-state index in [1.54, 1.807) is 4.90 Å². The summed E-state index contributed by atoms with van der Waals surface area (Å²) in [5.41, 5.74) is 0. The topological polar surface area (TPSA) is 57.6 Å². The van der Waals surface area contributed by atoms with Gasteiger partial charge in [0, 0.05) is 13.6 Å². The zero-order chi connectivity index (χ0) is 13.4. The standard InChI is InChI=1S/C14H23NO3/c1-8-4-11(12(5-8)14(17)18)13(16)15(3)7-10-6-9(10)2/h8-12H,4-7H2,1-3H3,(H,17,18). The summed E-state index contributed by atoms with van der Waals surface area (Å²) in [6, 6.07) is 0. The molecule has 2 rings (SSSR count). The first kappa shape index (κ1) is 13.4. The summed E-state index contributed by atoms with van der Waals surface area (Å²) >= 11 is 0. The van der Waals surface area contributed by atoms with Crippen LogP contribution >= 0.6 is 0 Å². The van der Waals surface area contributed by atoms with Crippen LogP contribution in [-0.2, 0) is 9.59 Å². The van der Waals surface area contributed by atoms with E-state index in [9.17, 15) is 14.7 Å². The maximum Gasteiger partial charge on any atom is 0.307 e. The number of amides is 1. The molecule has 4 nitrogen and oxygen atoms in total. The average molecular weight is 253 g/mol. The van der Waals surface area contributed by atoms with Crippen molar-refractivity contribution in [1.82, 2.24) is 4.90 Å². The molecule has 0 bridgehead atoms. The summed E-state index contributed by atoms with van der Waals surface area (Å²) in [5.74, 6) is 0.118. The van der Waals surface area contributed by atoms with Gasteiger partial charge in [0.15, 0.2) is 0 Å². The highest BCUT2D eigenvalue weighted by molar-refractivity contribution is 5.85. The Morgan fingerprint density at radius 3 is 2.22 bits per heavy atom. The first-order chi connectivity index (χ1) is 8.40. The van der Waals surface area contributed by atoms with Crippen LogP contribution in [0.2, 0.25) is 0 Å². The van der Waals surface area contributed by atoms with E-state index in [0.717, 1.165) is 18.9 Å². The predicted molar refractivity (Wildman–Crippen MR) is 67.9 cm³/mol. The van der Waals surface area contributed by atoms with E-state index in [1.165, 1.54) is 6.42 Å². The smallest absolute Gasteiger partial charge is 0.307 e. The molecule has 2 aliphatic rings. The lowest BCUT2D eigenvalue weighted by atomic mass is 9.95. The van der Waals surface area contributed by atoms with E-state index in [4.69, 9.17) is 0 Å². The fraction of sp³-hybridized carbons (Fsp3) is 0.857. The van der Waals surface area contributed by atoms with Gasteiger partial charge >= 0.3 is 5.97 Å². The van der Waals surface area contributed by atoms with Gasteiger partial charge in [0.2, 0.25) is 5.91 Å². The third-order valence-corrected chi connectivity index (χ3v) is 4.59. The third kappa shape index (κ3) is 2.68. The van der Waals surface area contributed by atoms with Gasteiger partial charge in [-0.1, -0.05) is 13.8 Å². The first-order valence-electron chi connectivity index (χ1n) is 6.88. The minimum Gasteiger partial charge on any atom is -0.481 e. The van der Waals surface area contributed by atoms with Gasteiger partial charge in [-0.15, -0.1) is 0 Å². The molecule has 1 amide bonds. The van der Waals surface area contributed by atoms with E-state index in [2.05, 4.69) is 6.92 Å². The van der Waals surface area contributed by atoms with Crippen LogP contribution in [0.1, 0.15) is 33.1 Å². The van der Waals surface area contributed by atoms with E-state index in [1.807, 2.05) is 14.0 Å². The molecule has 0 aromatic heterocycles. The number of hydrogen-bond donors (Lipinski definition) is 1. The molecule has 0 aromatic rings. The second kappa shape index (κ2) is 4.90. The van der Waals surface area contributed by atoms with Crippen molar-refractivity contribution in [1.29, 1.82) is 0 Å². The maximum atomic E-state index is 12.3.